The molecule has 152 valence electrons. The highest BCUT2D eigenvalue weighted by molar-refractivity contribution is 7.90. The van der Waals surface area contributed by atoms with E-state index in [9.17, 15) is 18.0 Å². The molecule has 0 radical (unpaired) electrons. The van der Waals surface area contributed by atoms with Crippen LogP contribution in [0.5, 0.6) is 11.5 Å². The smallest absolute Gasteiger partial charge is 0.326 e. The van der Waals surface area contributed by atoms with Crippen molar-refractivity contribution in [1.29, 1.82) is 0 Å². The lowest BCUT2D eigenvalue weighted by atomic mass is 10.1. The highest BCUT2D eigenvalue weighted by Crippen LogP contribution is 2.30. The number of hydrogen-bond donors (Lipinski definition) is 3. The molecule has 27 heavy (non-hydrogen) atoms. The molecule has 1 unspecified atom stereocenters. The second-order valence-electron chi connectivity index (χ2n) is 6.04. The van der Waals surface area contributed by atoms with Gasteiger partial charge in [-0.3, -0.25) is 4.79 Å². The van der Waals surface area contributed by atoms with E-state index < -0.39 is 27.9 Å². The molecule has 1 fully saturated rings. The van der Waals surface area contributed by atoms with E-state index in [1.165, 1.54) is 6.26 Å². The minimum Gasteiger partial charge on any atom is -0.493 e. The maximum absolute atomic E-state index is 11.2. The van der Waals surface area contributed by atoms with Gasteiger partial charge >= 0.3 is 5.97 Å². The first-order valence-corrected chi connectivity index (χ1v) is 10.4. The van der Waals surface area contributed by atoms with Crippen molar-refractivity contribution >= 4 is 21.7 Å². The third kappa shape index (κ3) is 7.83. The summed E-state index contributed by atoms with van der Waals surface area (Å²) in [6.45, 7) is 2.36. The van der Waals surface area contributed by atoms with Crippen molar-refractivity contribution in [2.45, 2.75) is 31.8 Å². The van der Waals surface area contributed by atoms with Crippen LogP contribution in [0, 0.1) is 0 Å². The average Bonchev–Trinajstić information content (AvgIpc) is 3.01. The monoisotopic (exact) mass is 402 g/mol. The quantitative estimate of drug-likeness (QED) is 0.597. The molecule has 2 rings (SSSR count). The zero-order chi connectivity index (χ0) is 20.6. The van der Waals surface area contributed by atoms with Crippen molar-refractivity contribution < 1.29 is 32.6 Å². The summed E-state index contributed by atoms with van der Waals surface area (Å²) in [5.74, 6) is -0.0258. The van der Waals surface area contributed by atoms with Crippen molar-refractivity contribution in [2.75, 3.05) is 25.7 Å². The molecule has 1 saturated heterocycles. The van der Waals surface area contributed by atoms with E-state index in [4.69, 9.17) is 20.3 Å². The summed E-state index contributed by atoms with van der Waals surface area (Å²) in [6, 6.07) is 3.99. The molecule has 0 saturated carbocycles. The zero-order valence-corrected chi connectivity index (χ0v) is 16.4. The molecule has 1 aliphatic heterocycles. The van der Waals surface area contributed by atoms with Gasteiger partial charge in [0.1, 0.15) is 15.9 Å². The Kier molecular flexibility index (Phi) is 8.51. The Morgan fingerprint density at radius 1 is 1.41 bits per heavy atom. The van der Waals surface area contributed by atoms with Crippen molar-refractivity contribution in [3.05, 3.63) is 23.8 Å². The first-order valence-electron chi connectivity index (χ1n) is 8.33. The van der Waals surface area contributed by atoms with Gasteiger partial charge in [-0.15, -0.1) is 0 Å². The van der Waals surface area contributed by atoms with Crippen LogP contribution < -0.4 is 20.5 Å². The van der Waals surface area contributed by atoms with Gasteiger partial charge in [0.2, 0.25) is 5.91 Å². The second-order valence-corrected chi connectivity index (χ2v) is 8.22. The van der Waals surface area contributed by atoms with Gasteiger partial charge < -0.3 is 25.6 Å². The molecule has 0 bridgehead atoms. The fourth-order valence-corrected chi connectivity index (χ4v) is 3.26. The third-order valence-corrected chi connectivity index (χ3v) is 4.66. The number of aliphatic carboxylic acids is 1. The van der Waals surface area contributed by atoms with Gasteiger partial charge in [0.25, 0.3) is 0 Å². The van der Waals surface area contributed by atoms with Crippen LogP contribution in [-0.2, 0) is 19.4 Å². The number of carbonyl (C=O) groups is 2. The molecule has 0 spiro atoms. The highest BCUT2D eigenvalue weighted by Gasteiger charge is 2.26. The lowest BCUT2D eigenvalue weighted by Gasteiger charge is -2.15. The molecule has 0 aliphatic carbocycles. The van der Waals surface area contributed by atoms with E-state index in [0.29, 0.717) is 36.5 Å². The predicted octanol–water partition coefficient (Wildman–Crippen LogP) is 0.488. The van der Waals surface area contributed by atoms with Crippen molar-refractivity contribution in [3.63, 3.8) is 0 Å². The van der Waals surface area contributed by atoms with Gasteiger partial charge in [-0.05, 0) is 31.0 Å². The highest BCUT2D eigenvalue weighted by atomic mass is 32.2. The van der Waals surface area contributed by atoms with Crippen molar-refractivity contribution in [1.82, 2.24) is 5.32 Å². The van der Waals surface area contributed by atoms with Crippen LogP contribution in [0.15, 0.2) is 18.2 Å². The fraction of sp³-hybridized carbons (Fsp3) is 0.529. The number of ether oxygens (including phenoxy) is 2. The van der Waals surface area contributed by atoms with E-state index in [-0.39, 0.29) is 11.7 Å². The minimum absolute atomic E-state index is 0.0924. The van der Waals surface area contributed by atoms with Gasteiger partial charge in [-0.25, -0.2) is 13.2 Å². The van der Waals surface area contributed by atoms with Crippen LogP contribution in [-0.4, -0.2) is 57.2 Å². The first kappa shape index (κ1) is 22.7. The molecule has 9 nitrogen and oxygen atoms in total. The van der Waals surface area contributed by atoms with Crippen LogP contribution in [0.4, 0.5) is 0 Å². The molecule has 2 atom stereocenters. The molecule has 1 aromatic carbocycles. The standard InChI is InChI=1S/C12H19NO4S.C5H7NO3/c1-4-17-12-7-9(5-6-11(12)16-2)10(13)8-18(3,14)15;7-4-2-1-3(6-4)5(8)9/h5-7,10H,4,8,13H2,1-3H3;3H,1-2H2,(H,6,7)(H,8,9)/t;3-/m.0/s1. The summed E-state index contributed by atoms with van der Waals surface area (Å²) in [4.78, 5) is 20.5. The van der Waals surface area contributed by atoms with E-state index in [1.807, 2.05) is 6.92 Å². The van der Waals surface area contributed by atoms with Gasteiger partial charge in [-0.2, -0.15) is 0 Å². The summed E-state index contributed by atoms with van der Waals surface area (Å²) in [6.07, 6.45) is 1.94. The summed E-state index contributed by atoms with van der Waals surface area (Å²) in [5, 5.41) is 10.6. The number of nitrogens with two attached hydrogens (primary N) is 1. The molecular weight excluding hydrogens is 376 g/mol. The average molecular weight is 402 g/mol. The largest absolute Gasteiger partial charge is 0.493 e. The molecule has 4 N–H and O–H groups in total. The summed E-state index contributed by atoms with van der Waals surface area (Å²) in [5.41, 5.74) is 6.57. The number of hydrogen-bond acceptors (Lipinski definition) is 7. The number of amides is 1. The third-order valence-electron chi connectivity index (χ3n) is 3.69. The number of benzene rings is 1. The minimum atomic E-state index is -3.11. The normalized spacial score (nSPS) is 17.3. The molecule has 1 aromatic rings. The molecule has 1 heterocycles. The van der Waals surface area contributed by atoms with Gasteiger partial charge in [0, 0.05) is 18.7 Å². The maximum Gasteiger partial charge on any atom is 0.326 e. The Hall–Kier alpha value is -2.33. The number of carbonyl (C=O) groups excluding carboxylic acids is 1. The number of methoxy groups -OCH3 is 1. The molecule has 1 amide bonds. The Morgan fingerprint density at radius 2 is 2.07 bits per heavy atom. The summed E-state index contributed by atoms with van der Waals surface area (Å²) < 4.78 is 33.0. The lowest BCUT2D eigenvalue weighted by Crippen LogP contribution is -2.32. The Labute approximate surface area is 158 Å². The Morgan fingerprint density at radius 3 is 2.48 bits per heavy atom. The van der Waals surface area contributed by atoms with Crippen molar-refractivity contribution in [2.24, 2.45) is 5.73 Å². The summed E-state index contributed by atoms with van der Waals surface area (Å²) in [7, 11) is -1.56. The van der Waals surface area contributed by atoms with E-state index in [0.717, 1.165) is 0 Å². The SMILES string of the molecule is CCOc1cc(C(N)CS(C)(=O)=O)ccc1OC.O=C1CC[C@@H](C(=O)O)N1. The van der Waals surface area contributed by atoms with Crippen LogP contribution in [0.3, 0.4) is 0 Å². The number of nitrogens with one attached hydrogen (secondary N) is 1. The maximum atomic E-state index is 11.2. The lowest BCUT2D eigenvalue weighted by molar-refractivity contribution is -0.140. The second kappa shape index (κ2) is 10.1. The number of rotatable bonds is 7. The van der Waals surface area contributed by atoms with Gasteiger partial charge in [0.05, 0.1) is 19.5 Å². The zero-order valence-electron chi connectivity index (χ0n) is 15.6. The molecule has 1 aliphatic rings. The van der Waals surface area contributed by atoms with Crippen LogP contribution in [0.1, 0.15) is 31.4 Å². The van der Waals surface area contributed by atoms with E-state index in [1.54, 1.807) is 25.3 Å². The van der Waals surface area contributed by atoms with Gasteiger partial charge in [-0.1, -0.05) is 6.07 Å². The molecule has 10 heteroatoms. The predicted molar refractivity (Wildman–Crippen MR) is 99.6 cm³/mol. The van der Waals surface area contributed by atoms with Crippen LogP contribution in [0.25, 0.3) is 0 Å². The fourth-order valence-electron chi connectivity index (χ4n) is 2.41. The Bertz CT molecular complexity index is 765. The summed E-state index contributed by atoms with van der Waals surface area (Å²) >= 11 is 0. The topological polar surface area (TPSA) is 145 Å². The van der Waals surface area contributed by atoms with Crippen LogP contribution >= 0.6 is 0 Å². The Balaban J connectivity index is 0.000000337. The first-order chi connectivity index (χ1) is 12.6. The van der Waals surface area contributed by atoms with Gasteiger partial charge in [0.15, 0.2) is 11.5 Å². The number of sulfone groups is 1. The van der Waals surface area contributed by atoms with E-state index in [2.05, 4.69) is 5.32 Å². The molecule has 0 aromatic heterocycles. The molecular formula is C17H26N2O7S. The number of carboxylic acids is 1. The van der Waals surface area contributed by atoms with Crippen molar-refractivity contribution in [3.8, 4) is 11.5 Å². The van der Waals surface area contributed by atoms with E-state index >= 15 is 0 Å². The number of carboxylic acid groups (broad SMARTS) is 1. The van der Waals surface area contributed by atoms with Crippen LogP contribution in [0.2, 0.25) is 0 Å².